The average molecular weight is 396 g/mol. The van der Waals surface area contributed by atoms with Gasteiger partial charge in [-0.3, -0.25) is 9.78 Å². The molecule has 0 bridgehead atoms. The fraction of sp³-hybridized carbons (Fsp3) is 0.435. The highest BCUT2D eigenvalue weighted by Crippen LogP contribution is 2.32. The molecule has 29 heavy (non-hydrogen) atoms. The highest BCUT2D eigenvalue weighted by atomic mass is 16.5. The van der Waals surface area contributed by atoms with Gasteiger partial charge in [0.15, 0.2) is 0 Å². The zero-order valence-electron chi connectivity index (χ0n) is 16.8. The van der Waals surface area contributed by atoms with E-state index in [1.165, 1.54) is 0 Å². The van der Waals surface area contributed by atoms with Crippen molar-refractivity contribution >= 4 is 17.7 Å². The van der Waals surface area contributed by atoms with Crippen LogP contribution in [0.5, 0.6) is 0 Å². The van der Waals surface area contributed by atoms with Crippen molar-refractivity contribution in [3.8, 4) is 0 Å². The van der Waals surface area contributed by atoms with Crippen LogP contribution in [0.25, 0.3) is 0 Å². The van der Waals surface area contributed by atoms with E-state index in [1.54, 1.807) is 24.5 Å². The summed E-state index contributed by atoms with van der Waals surface area (Å²) in [6.45, 7) is 2.34. The maximum absolute atomic E-state index is 12.5. The second kappa shape index (κ2) is 10.6. The summed E-state index contributed by atoms with van der Waals surface area (Å²) in [6, 6.07) is 13.3. The number of hydrogen-bond donors (Lipinski definition) is 2. The molecule has 2 N–H and O–H groups in total. The molecule has 0 aliphatic heterocycles. The predicted molar refractivity (Wildman–Crippen MR) is 112 cm³/mol. The molecule has 1 aromatic heterocycles. The third-order valence-electron chi connectivity index (χ3n) is 5.62. The Morgan fingerprint density at radius 1 is 1.07 bits per heavy atom. The van der Waals surface area contributed by atoms with Gasteiger partial charge in [0.25, 0.3) is 0 Å². The maximum Gasteiger partial charge on any atom is 0.407 e. The van der Waals surface area contributed by atoms with Gasteiger partial charge in [-0.1, -0.05) is 37.3 Å². The summed E-state index contributed by atoms with van der Waals surface area (Å²) in [4.78, 5) is 28.7. The first-order valence-electron chi connectivity index (χ1n) is 10.3. The predicted octanol–water partition coefficient (Wildman–Crippen LogP) is 4.53. The first-order chi connectivity index (χ1) is 14.2. The number of rotatable bonds is 7. The minimum atomic E-state index is -0.377. The van der Waals surface area contributed by atoms with Crippen molar-refractivity contribution in [3.63, 3.8) is 0 Å². The standard InChI is InChI=1S/C23H29N3O3/c1-2-21(26-23(28)29-16-17-6-4-3-5-7-17)18-8-10-19(11-9-18)22(27)25-20-12-14-24-15-13-20/h3-7,12-15,18-19,21H,2,8-11,16H2,1H3,(H,26,28)(H,24,25,27). The van der Waals surface area contributed by atoms with E-state index in [1.807, 2.05) is 30.3 Å². The van der Waals surface area contributed by atoms with Crippen LogP contribution < -0.4 is 10.6 Å². The summed E-state index contributed by atoms with van der Waals surface area (Å²) in [5, 5.41) is 5.99. The van der Waals surface area contributed by atoms with Crippen LogP contribution in [0.15, 0.2) is 54.9 Å². The van der Waals surface area contributed by atoms with Crippen LogP contribution in [0.1, 0.15) is 44.6 Å². The third kappa shape index (κ3) is 6.31. The Morgan fingerprint density at radius 2 is 1.76 bits per heavy atom. The van der Waals surface area contributed by atoms with E-state index in [2.05, 4.69) is 22.5 Å². The summed E-state index contributed by atoms with van der Waals surface area (Å²) in [7, 11) is 0. The summed E-state index contributed by atoms with van der Waals surface area (Å²) < 4.78 is 5.36. The zero-order valence-corrected chi connectivity index (χ0v) is 16.8. The lowest BCUT2D eigenvalue weighted by Crippen LogP contribution is -2.42. The molecule has 0 spiro atoms. The minimum absolute atomic E-state index is 0.0157. The summed E-state index contributed by atoms with van der Waals surface area (Å²) in [5.74, 6) is 0.453. The van der Waals surface area contributed by atoms with E-state index in [9.17, 15) is 9.59 Å². The topological polar surface area (TPSA) is 80.3 Å². The number of carbonyl (C=O) groups is 2. The Morgan fingerprint density at radius 3 is 2.41 bits per heavy atom. The van der Waals surface area contributed by atoms with E-state index in [0.717, 1.165) is 43.4 Å². The molecule has 1 atom stereocenters. The Hall–Kier alpha value is -2.89. The number of anilines is 1. The van der Waals surface area contributed by atoms with Crippen LogP contribution in [-0.2, 0) is 16.1 Å². The van der Waals surface area contributed by atoms with Crippen molar-refractivity contribution < 1.29 is 14.3 Å². The molecule has 1 fully saturated rings. The van der Waals surface area contributed by atoms with Gasteiger partial charge < -0.3 is 15.4 Å². The van der Waals surface area contributed by atoms with Crippen LogP contribution in [0.4, 0.5) is 10.5 Å². The summed E-state index contributed by atoms with van der Waals surface area (Å²) in [6.07, 6.45) is 7.31. The van der Waals surface area contributed by atoms with Crippen LogP contribution in [0, 0.1) is 11.8 Å². The van der Waals surface area contributed by atoms with Crippen molar-refractivity contribution in [3.05, 3.63) is 60.4 Å². The maximum atomic E-state index is 12.5. The van der Waals surface area contributed by atoms with E-state index < -0.39 is 0 Å². The zero-order chi connectivity index (χ0) is 20.5. The lowest BCUT2D eigenvalue weighted by atomic mass is 9.77. The summed E-state index contributed by atoms with van der Waals surface area (Å²) in [5.41, 5.74) is 1.75. The molecule has 1 aromatic carbocycles. The van der Waals surface area contributed by atoms with Crippen LogP contribution in [0.3, 0.4) is 0 Å². The van der Waals surface area contributed by atoms with Crippen molar-refractivity contribution in [2.45, 2.75) is 51.7 Å². The van der Waals surface area contributed by atoms with Crippen LogP contribution in [0.2, 0.25) is 0 Å². The molecule has 6 heteroatoms. The van der Waals surface area contributed by atoms with Gasteiger partial charge in [0, 0.05) is 30.0 Å². The molecule has 6 nitrogen and oxygen atoms in total. The number of ether oxygens (including phenoxy) is 1. The Labute approximate surface area is 172 Å². The number of amides is 2. The lowest BCUT2D eigenvalue weighted by molar-refractivity contribution is -0.121. The largest absolute Gasteiger partial charge is 0.445 e. The van der Waals surface area contributed by atoms with Crippen molar-refractivity contribution in [1.29, 1.82) is 0 Å². The van der Waals surface area contributed by atoms with Crippen molar-refractivity contribution in [2.24, 2.45) is 11.8 Å². The van der Waals surface area contributed by atoms with Gasteiger partial charge in [0.05, 0.1) is 0 Å². The Kier molecular flexibility index (Phi) is 7.61. The number of benzene rings is 1. The third-order valence-corrected chi connectivity index (χ3v) is 5.62. The fourth-order valence-electron chi connectivity index (χ4n) is 3.93. The van der Waals surface area contributed by atoms with Crippen LogP contribution in [-0.4, -0.2) is 23.0 Å². The highest BCUT2D eigenvalue weighted by Gasteiger charge is 2.31. The molecular weight excluding hydrogens is 366 g/mol. The number of nitrogens with zero attached hydrogens (tertiary/aromatic N) is 1. The number of carbonyl (C=O) groups excluding carboxylic acids is 2. The lowest BCUT2D eigenvalue weighted by Gasteiger charge is -2.33. The normalized spacial score (nSPS) is 19.8. The Bertz CT molecular complexity index is 774. The fourth-order valence-corrected chi connectivity index (χ4v) is 3.93. The van der Waals surface area contributed by atoms with Gasteiger partial charge in [-0.2, -0.15) is 0 Å². The van der Waals surface area contributed by atoms with E-state index in [4.69, 9.17) is 4.74 Å². The average Bonchev–Trinajstić information content (AvgIpc) is 2.77. The second-order valence-electron chi connectivity index (χ2n) is 7.56. The number of aromatic nitrogens is 1. The van der Waals surface area contributed by atoms with Crippen molar-refractivity contribution in [1.82, 2.24) is 10.3 Å². The molecular formula is C23H29N3O3. The van der Waals surface area contributed by atoms with Gasteiger partial charge in [-0.15, -0.1) is 0 Å². The van der Waals surface area contributed by atoms with Gasteiger partial charge in [0.1, 0.15) is 6.61 Å². The number of hydrogen-bond acceptors (Lipinski definition) is 4. The molecule has 2 amide bonds. The quantitative estimate of drug-likeness (QED) is 0.722. The first kappa shape index (κ1) is 20.8. The summed E-state index contributed by atoms with van der Waals surface area (Å²) >= 11 is 0. The monoisotopic (exact) mass is 395 g/mol. The van der Waals surface area contributed by atoms with E-state index in [0.29, 0.717) is 5.92 Å². The molecule has 1 heterocycles. The molecule has 1 saturated carbocycles. The van der Waals surface area contributed by atoms with Gasteiger partial charge in [-0.05, 0) is 55.7 Å². The van der Waals surface area contributed by atoms with Gasteiger partial charge in [-0.25, -0.2) is 4.79 Å². The highest BCUT2D eigenvalue weighted by molar-refractivity contribution is 5.92. The minimum Gasteiger partial charge on any atom is -0.445 e. The second-order valence-corrected chi connectivity index (χ2v) is 7.56. The van der Waals surface area contributed by atoms with E-state index in [-0.39, 0.29) is 30.6 Å². The molecule has 0 saturated heterocycles. The van der Waals surface area contributed by atoms with Gasteiger partial charge >= 0.3 is 6.09 Å². The van der Waals surface area contributed by atoms with Gasteiger partial charge in [0.2, 0.25) is 5.91 Å². The molecule has 2 aromatic rings. The number of nitrogens with one attached hydrogen (secondary N) is 2. The Balaban J connectivity index is 1.43. The first-order valence-corrected chi connectivity index (χ1v) is 10.3. The molecule has 0 radical (unpaired) electrons. The number of pyridine rings is 1. The molecule has 3 rings (SSSR count). The molecule has 154 valence electrons. The smallest absolute Gasteiger partial charge is 0.407 e. The van der Waals surface area contributed by atoms with E-state index >= 15 is 0 Å². The molecule has 1 aliphatic rings. The molecule has 1 unspecified atom stereocenters. The van der Waals surface area contributed by atoms with Crippen LogP contribution >= 0.6 is 0 Å². The van der Waals surface area contributed by atoms with Crippen molar-refractivity contribution in [2.75, 3.05) is 5.32 Å². The SMILES string of the molecule is CCC(NC(=O)OCc1ccccc1)C1CCC(C(=O)Nc2ccncc2)CC1. The molecule has 1 aliphatic carbocycles. The number of alkyl carbamates (subject to hydrolysis) is 1.